The summed E-state index contributed by atoms with van der Waals surface area (Å²) in [4.78, 5) is 0. The first-order chi connectivity index (χ1) is 4.37. The molecule has 0 spiro atoms. The van der Waals surface area contributed by atoms with E-state index in [1.165, 1.54) is 12.8 Å². The molecule has 1 saturated carbocycles. The lowest BCUT2D eigenvalue weighted by molar-refractivity contribution is -0.0683. The molecule has 52 valence electrons. The number of hydrogen-bond acceptors (Lipinski definition) is 2. The zero-order valence-corrected chi connectivity index (χ0v) is 5.81. The van der Waals surface area contributed by atoms with Crippen LogP contribution in [0.3, 0.4) is 0 Å². The molecular formula is C7H13NO. The molecule has 2 nitrogen and oxygen atoms in total. The summed E-state index contributed by atoms with van der Waals surface area (Å²) >= 11 is 0. The van der Waals surface area contributed by atoms with E-state index in [0.29, 0.717) is 0 Å². The largest absolute Gasteiger partial charge is 0.375 e. The van der Waals surface area contributed by atoms with Crippen LogP contribution in [0.1, 0.15) is 12.8 Å². The molecule has 2 rings (SSSR count). The van der Waals surface area contributed by atoms with E-state index < -0.39 is 0 Å². The number of nitrogens with one attached hydrogen (secondary N) is 1. The van der Waals surface area contributed by atoms with Crippen LogP contribution < -0.4 is 5.32 Å². The van der Waals surface area contributed by atoms with E-state index in [1.807, 2.05) is 7.11 Å². The van der Waals surface area contributed by atoms with Crippen LogP contribution in [0.15, 0.2) is 0 Å². The highest BCUT2D eigenvalue weighted by Crippen LogP contribution is 2.43. The van der Waals surface area contributed by atoms with E-state index in [2.05, 4.69) is 5.32 Å². The molecule has 1 heterocycles. The molecule has 2 aliphatic rings. The molecule has 0 bridgehead atoms. The Labute approximate surface area is 55.6 Å². The minimum absolute atomic E-state index is 0.264. The zero-order valence-electron chi connectivity index (χ0n) is 5.81. The Hall–Kier alpha value is -0.0800. The topological polar surface area (TPSA) is 21.3 Å². The summed E-state index contributed by atoms with van der Waals surface area (Å²) in [5, 5.41) is 3.25. The van der Waals surface area contributed by atoms with Crippen molar-refractivity contribution in [3.8, 4) is 0 Å². The lowest BCUT2D eigenvalue weighted by Crippen LogP contribution is -2.62. The van der Waals surface area contributed by atoms with Gasteiger partial charge in [0.15, 0.2) is 0 Å². The molecular weight excluding hydrogens is 114 g/mol. The Morgan fingerprint density at radius 1 is 1.44 bits per heavy atom. The maximum atomic E-state index is 5.44. The molecule has 1 N–H and O–H groups in total. The molecule has 1 aliphatic carbocycles. The first-order valence-corrected chi connectivity index (χ1v) is 3.63. The van der Waals surface area contributed by atoms with Gasteiger partial charge in [-0.05, 0) is 18.8 Å². The molecule has 0 radical (unpaired) electrons. The molecule has 2 fully saturated rings. The summed E-state index contributed by atoms with van der Waals surface area (Å²) in [6.07, 6.45) is 2.77. The second-order valence-electron chi connectivity index (χ2n) is 3.15. The standard InChI is InChI=1S/C7H13NO/c1-9-7(4-8-5-7)6-2-3-6/h6,8H,2-5H2,1H3. The summed E-state index contributed by atoms with van der Waals surface area (Å²) in [7, 11) is 1.83. The van der Waals surface area contributed by atoms with Gasteiger partial charge in [0.2, 0.25) is 0 Å². The van der Waals surface area contributed by atoms with Gasteiger partial charge in [-0.1, -0.05) is 0 Å². The average molecular weight is 127 g/mol. The van der Waals surface area contributed by atoms with Crippen molar-refractivity contribution in [2.24, 2.45) is 5.92 Å². The SMILES string of the molecule is COC1(C2CC2)CNC1. The highest BCUT2D eigenvalue weighted by Gasteiger charge is 2.49. The average Bonchev–Trinajstić information content (AvgIpc) is 2.47. The second kappa shape index (κ2) is 1.70. The zero-order chi connectivity index (χ0) is 6.32. The van der Waals surface area contributed by atoms with Gasteiger partial charge in [-0.3, -0.25) is 0 Å². The van der Waals surface area contributed by atoms with Crippen LogP contribution in [-0.4, -0.2) is 25.8 Å². The van der Waals surface area contributed by atoms with Gasteiger partial charge < -0.3 is 10.1 Å². The van der Waals surface area contributed by atoms with Crippen LogP contribution in [0.5, 0.6) is 0 Å². The smallest absolute Gasteiger partial charge is 0.0953 e. The molecule has 0 unspecified atom stereocenters. The highest BCUT2D eigenvalue weighted by molar-refractivity contribution is 5.04. The van der Waals surface area contributed by atoms with Crippen LogP contribution in [0, 0.1) is 5.92 Å². The van der Waals surface area contributed by atoms with Gasteiger partial charge in [0, 0.05) is 20.2 Å². The summed E-state index contributed by atoms with van der Waals surface area (Å²) in [6, 6.07) is 0. The molecule has 0 aromatic carbocycles. The van der Waals surface area contributed by atoms with Crippen molar-refractivity contribution in [3.63, 3.8) is 0 Å². The predicted molar refractivity (Wildman–Crippen MR) is 35.3 cm³/mol. The van der Waals surface area contributed by atoms with Gasteiger partial charge >= 0.3 is 0 Å². The van der Waals surface area contributed by atoms with E-state index in [4.69, 9.17) is 4.74 Å². The third-order valence-corrected chi connectivity index (χ3v) is 2.58. The summed E-state index contributed by atoms with van der Waals surface area (Å²) in [5.41, 5.74) is 0.264. The number of ether oxygens (including phenoxy) is 1. The van der Waals surface area contributed by atoms with Crippen LogP contribution in [0.25, 0.3) is 0 Å². The van der Waals surface area contributed by atoms with E-state index >= 15 is 0 Å². The number of hydrogen-bond donors (Lipinski definition) is 1. The Morgan fingerprint density at radius 2 is 2.11 bits per heavy atom. The Kier molecular flexibility index (Phi) is 1.08. The van der Waals surface area contributed by atoms with Gasteiger partial charge in [-0.15, -0.1) is 0 Å². The monoisotopic (exact) mass is 127 g/mol. The van der Waals surface area contributed by atoms with E-state index in [0.717, 1.165) is 19.0 Å². The third kappa shape index (κ3) is 0.700. The summed E-state index contributed by atoms with van der Waals surface area (Å²) in [5.74, 6) is 0.878. The first kappa shape index (κ1) is 5.69. The fraction of sp³-hybridized carbons (Fsp3) is 1.00. The van der Waals surface area contributed by atoms with Crippen molar-refractivity contribution < 1.29 is 4.74 Å². The van der Waals surface area contributed by atoms with E-state index in [-0.39, 0.29) is 5.60 Å². The van der Waals surface area contributed by atoms with Gasteiger partial charge in [0.25, 0.3) is 0 Å². The van der Waals surface area contributed by atoms with Crippen molar-refractivity contribution in [2.45, 2.75) is 18.4 Å². The molecule has 9 heavy (non-hydrogen) atoms. The number of rotatable bonds is 2. The minimum Gasteiger partial charge on any atom is -0.375 e. The fourth-order valence-electron chi connectivity index (χ4n) is 1.58. The van der Waals surface area contributed by atoms with Gasteiger partial charge in [0.05, 0.1) is 5.60 Å². The molecule has 0 atom stereocenters. The van der Waals surface area contributed by atoms with Gasteiger partial charge in [0.1, 0.15) is 0 Å². The van der Waals surface area contributed by atoms with Crippen molar-refractivity contribution in [1.29, 1.82) is 0 Å². The molecule has 0 aromatic rings. The quantitative estimate of drug-likeness (QED) is 0.579. The first-order valence-electron chi connectivity index (χ1n) is 3.63. The summed E-state index contributed by atoms with van der Waals surface area (Å²) < 4.78 is 5.44. The summed E-state index contributed by atoms with van der Waals surface area (Å²) in [6.45, 7) is 2.16. The van der Waals surface area contributed by atoms with Crippen molar-refractivity contribution >= 4 is 0 Å². The fourth-order valence-corrected chi connectivity index (χ4v) is 1.58. The highest BCUT2D eigenvalue weighted by atomic mass is 16.5. The van der Waals surface area contributed by atoms with Crippen LogP contribution in [-0.2, 0) is 4.74 Å². The molecule has 2 heteroatoms. The van der Waals surface area contributed by atoms with Crippen molar-refractivity contribution in [1.82, 2.24) is 5.32 Å². The number of methoxy groups -OCH3 is 1. The van der Waals surface area contributed by atoms with Crippen LogP contribution in [0.2, 0.25) is 0 Å². The lowest BCUT2D eigenvalue weighted by Gasteiger charge is -2.41. The molecule has 0 amide bonds. The van der Waals surface area contributed by atoms with Crippen molar-refractivity contribution in [2.75, 3.05) is 20.2 Å². The third-order valence-electron chi connectivity index (χ3n) is 2.58. The van der Waals surface area contributed by atoms with E-state index in [1.54, 1.807) is 0 Å². The Bertz CT molecular complexity index is 111. The van der Waals surface area contributed by atoms with Gasteiger partial charge in [-0.25, -0.2) is 0 Å². The minimum atomic E-state index is 0.264. The second-order valence-corrected chi connectivity index (χ2v) is 3.15. The molecule has 1 saturated heterocycles. The van der Waals surface area contributed by atoms with Gasteiger partial charge in [-0.2, -0.15) is 0 Å². The Morgan fingerprint density at radius 3 is 2.22 bits per heavy atom. The van der Waals surface area contributed by atoms with Crippen molar-refractivity contribution in [3.05, 3.63) is 0 Å². The normalized spacial score (nSPS) is 31.7. The lowest BCUT2D eigenvalue weighted by atomic mass is 9.91. The van der Waals surface area contributed by atoms with Crippen LogP contribution in [0.4, 0.5) is 0 Å². The van der Waals surface area contributed by atoms with E-state index in [9.17, 15) is 0 Å². The predicted octanol–water partition coefficient (Wildman–Crippen LogP) is 0.385. The molecule has 0 aromatic heterocycles. The van der Waals surface area contributed by atoms with Crippen LogP contribution >= 0.6 is 0 Å². The Balaban J connectivity index is 1.99. The maximum absolute atomic E-state index is 5.44. The maximum Gasteiger partial charge on any atom is 0.0953 e. The molecule has 1 aliphatic heterocycles.